The molecule has 1 aromatic carbocycles. The van der Waals surface area contributed by atoms with E-state index in [4.69, 9.17) is 10.5 Å². The standard InChI is InChI=1S/C13H20N2O3S/c1-9-6-12(7-13(14)10(9)2)19(16,17)15-8-11-4-3-5-18-11/h6-7,11,15H,3-5,8,14H2,1-2H3. The second-order valence-electron chi connectivity index (χ2n) is 4.94. The van der Waals surface area contributed by atoms with Gasteiger partial charge in [0.15, 0.2) is 0 Å². The molecule has 3 N–H and O–H groups in total. The molecule has 1 unspecified atom stereocenters. The lowest BCUT2D eigenvalue weighted by Crippen LogP contribution is -2.32. The van der Waals surface area contributed by atoms with Gasteiger partial charge in [-0.05, 0) is 49.9 Å². The molecule has 0 bridgehead atoms. The average molecular weight is 284 g/mol. The fraction of sp³-hybridized carbons (Fsp3) is 0.538. The van der Waals surface area contributed by atoms with E-state index in [0.717, 1.165) is 24.0 Å². The number of ether oxygens (including phenoxy) is 1. The predicted octanol–water partition coefficient (Wildman–Crippen LogP) is 1.34. The molecule has 0 amide bonds. The maximum atomic E-state index is 12.2. The van der Waals surface area contributed by atoms with Gasteiger partial charge in [0.2, 0.25) is 10.0 Å². The van der Waals surface area contributed by atoms with Crippen LogP contribution in [0.15, 0.2) is 17.0 Å². The minimum Gasteiger partial charge on any atom is -0.398 e. The zero-order valence-corrected chi connectivity index (χ0v) is 12.1. The summed E-state index contributed by atoms with van der Waals surface area (Å²) in [6.45, 7) is 4.75. The van der Waals surface area contributed by atoms with Crippen LogP contribution in [0.1, 0.15) is 24.0 Å². The summed E-state index contributed by atoms with van der Waals surface area (Å²) in [6, 6.07) is 3.14. The highest BCUT2D eigenvalue weighted by molar-refractivity contribution is 7.89. The Hall–Kier alpha value is -1.11. The van der Waals surface area contributed by atoms with Crippen LogP contribution in [-0.2, 0) is 14.8 Å². The summed E-state index contributed by atoms with van der Waals surface area (Å²) < 4.78 is 32.3. The molecular formula is C13H20N2O3S. The van der Waals surface area contributed by atoms with Crippen molar-refractivity contribution >= 4 is 15.7 Å². The maximum absolute atomic E-state index is 12.2. The van der Waals surface area contributed by atoms with Crippen LogP contribution in [0.5, 0.6) is 0 Å². The molecule has 0 saturated carbocycles. The topological polar surface area (TPSA) is 81.4 Å². The van der Waals surface area contributed by atoms with Crippen molar-refractivity contribution in [3.8, 4) is 0 Å². The number of hydrogen-bond acceptors (Lipinski definition) is 4. The molecule has 1 atom stereocenters. The number of nitrogens with two attached hydrogens (primary N) is 1. The Morgan fingerprint density at radius 2 is 2.16 bits per heavy atom. The van der Waals surface area contributed by atoms with Gasteiger partial charge in [-0.1, -0.05) is 0 Å². The zero-order valence-electron chi connectivity index (χ0n) is 11.3. The number of anilines is 1. The van der Waals surface area contributed by atoms with Crippen molar-refractivity contribution in [2.75, 3.05) is 18.9 Å². The molecule has 1 heterocycles. The fourth-order valence-corrected chi connectivity index (χ4v) is 3.28. The number of rotatable bonds is 4. The highest BCUT2D eigenvalue weighted by atomic mass is 32.2. The Kier molecular flexibility index (Phi) is 4.13. The molecule has 1 aliphatic heterocycles. The lowest BCUT2D eigenvalue weighted by Gasteiger charge is -2.13. The van der Waals surface area contributed by atoms with Crippen LogP contribution in [0, 0.1) is 13.8 Å². The smallest absolute Gasteiger partial charge is 0.240 e. The van der Waals surface area contributed by atoms with Crippen molar-refractivity contribution in [3.63, 3.8) is 0 Å². The van der Waals surface area contributed by atoms with Crippen LogP contribution < -0.4 is 10.5 Å². The SMILES string of the molecule is Cc1cc(S(=O)(=O)NCC2CCCO2)cc(N)c1C. The van der Waals surface area contributed by atoms with Crippen molar-refractivity contribution in [2.24, 2.45) is 0 Å². The Morgan fingerprint density at radius 3 is 2.74 bits per heavy atom. The van der Waals surface area contributed by atoms with E-state index in [1.807, 2.05) is 13.8 Å². The predicted molar refractivity (Wildman–Crippen MR) is 74.5 cm³/mol. The molecule has 0 aliphatic carbocycles. The van der Waals surface area contributed by atoms with E-state index in [1.165, 1.54) is 6.07 Å². The largest absolute Gasteiger partial charge is 0.398 e. The first-order valence-corrected chi connectivity index (χ1v) is 7.86. The summed E-state index contributed by atoms with van der Waals surface area (Å²) in [6.07, 6.45) is 1.87. The van der Waals surface area contributed by atoms with Gasteiger partial charge in [0.1, 0.15) is 0 Å². The molecule has 6 heteroatoms. The molecule has 1 aliphatic rings. The van der Waals surface area contributed by atoms with Crippen LogP contribution in [0.4, 0.5) is 5.69 Å². The van der Waals surface area contributed by atoms with Gasteiger partial charge in [-0.25, -0.2) is 13.1 Å². The quantitative estimate of drug-likeness (QED) is 0.818. The second-order valence-corrected chi connectivity index (χ2v) is 6.71. The molecule has 106 valence electrons. The summed E-state index contributed by atoms with van der Waals surface area (Å²) in [5.74, 6) is 0. The fourth-order valence-electron chi connectivity index (χ4n) is 2.10. The van der Waals surface area contributed by atoms with Gasteiger partial charge < -0.3 is 10.5 Å². The van der Waals surface area contributed by atoms with Crippen molar-refractivity contribution in [1.82, 2.24) is 4.72 Å². The van der Waals surface area contributed by atoms with Crippen molar-refractivity contribution in [3.05, 3.63) is 23.3 Å². The highest BCUT2D eigenvalue weighted by Gasteiger charge is 2.21. The van der Waals surface area contributed by atoms with Crippen molar-refractivity contribution in [1.29, 1.82) is 0 Å². The number of nitrogens with one attached hydrogen (secondary N) is 1. The van der Waals surface area contributed by atoms with Gasteiger partial charge in [0, 0.05) is 18.8 Å². The summed E-state index contributed by atoms with van der Waals surface area (Å²) in [7, 11) is -3.52. The van der Waals surface area contributed by atoms with Gasteiger partial charge in [-0.15, -0.1) is 0 Å². The van der Waals surface area contributed by atoms with E-state index in [2.05, 4.69) is 4.72 Å². The van der Waals surface area contributed by atoms with E-state index in [1.54, 1.807) is 6.07 Å². The normalized spacial score (nSPS) is 19.8. The summed E-state index contributed by atoms with van der Waals surface area (Å²) in [4.78, 5) is 0.214. The Morgan fingerprint density at radius 1 is 1.42 bits per heavy atom. The van der Waals surface area contributed by atoms with Gasteiger partial charge >= 0.3 is 0 Å². The minimum absolute atomic E-state index is 0.0151. The second kappa shape index (κ2) is 5.48. The Bertz CT molecular complexity index is 540. The van der Waals surface area contributed by atoms with E-state index >= 15 is 0 Å². The van der Waals surface area contributed by atoms with Crippen LogP contribution in [-0.4, -0.2) is 27.7 Å². The van der Waals surface area contributed by atoms with E-state index in [9.17, 15) is 8.42 Å². The molecule has 1 saturated heterocycles. The van der Waals surface area contributed by atoms with Gasteiger partial charge in [0.25, 0.3) is 0 Å². The maximum Gasteiger partial charge on any atom is 0.240 e. The summed E-state index contributed by atoms with van der Waals surface area (Å²) in [5, 5.41) is 0. The molecule has 19 heavy (non-hydrogen) atoms. The minimum atomic E-state index is -3.52. The van der Waals surface area contributed by atoms with Crippen molar-refractivity contribution < 1.29 is 13.2 Å². The number of hydrogen-bond donors (Lipinski definition) is 2. The molecular weight excluding hydrogens is 264 g/mol. The first-order chi connectivity index (χ1) is 8.90. The number of sulfonamides is 1. The lowest BCUT2D eigenvalue weighted by atomic mass is 10.1. The number of benzene rings is 1. The van der Waals surface area contributed by atoms with Gasteiger partial charge in [-0.2, -0.15) is 0 Å². The Balaban J connectivity index is 2.14. The molecule has 1 fully saturated rings. The third-order valence-electron chi connectivity index (χ3n) is 3.52. The van der Waals surface area contributed by atoms with Crippen LogP contribution >= 0.6 is 0 Å². The Labute approximate surface area is 114 Å². The third kappa shape index (κ3) is 3.26. The summed E-state index contributed by atoms with van der Waals surface area (Å²) in [5.41, 5.74) is 8.10. The number of nitrogen functional groups attached to an aromatic ring is 1. The number of aryl methyl sites for hydroxylation is 1. The molecule has 0 radical (unpaired) electrons. The lowest BCUT2D eigenvalue weighted by molar-refractivity contribution is 0.114. The monoisotopic (exact) mass is 284 g/mol. The molecule has 0 aromatic heterocycles. The molecule has 5 nitrogen and oxygen atoms in total. The van der Waals surface area contributed by atoms with Crippen LogP contribution in [0.25, 0.3) is 0 Å². The van der Waals surface area contributed by atoms with Crippen molar-refractivity contribution in [2.45, 2.75) is 37.7 Å². The molecule has 2 rings (SSSR count). The molecule has 1 aromatic rings. The van der Waals surface area contributed by atoms with E-state index < -0.39 is 10.0 Å². The zero-order chi connectivity index (χ0) is 14.0. The van der Waals surface area contributed by atoms with Crippen LogP contribution in [0.3, 0.4) is 0 Å². The first kappa shape index (κ1) is 14.3. The summed E-state index contributed by atoms with van der Waals surface area (Å²) >= 11 is 0. The van der Waals surface area contributed by atoms with E-state index in [-0.39, 0.29) is 11.0 Å². The van der Waals surface area contributed by atoms with Gasteiger partial charge in [-0.3, -0.25) is 0 Å². The first-order valence-electron chi connectivity index (χ1n) is 6.38. The highest BCUT2D eigenvalue weighted by Crippen LogP contribution is 2.21. The van der Waals surface area contributed by atoms with Gasteiger partial charge in [0.05, 0.1) is 11.0 Å². The van der Waals surface area contributed by atoms with Crippen LogP contribution in [0.2, 0.25) is 0 Å². The van der Waals surface area contributed by atoms with E-state index in [0.29, 0.717) is 18.8 Å². The average Bonchev–Trinajstić information content (AvgIpc) is 2.86. The molecule has 0 spiro atoms. The third-order valence-corrected chi connectivity index (χ3v) is 4.92.